The van der Waals surface area contributed by atoms with E-state index >= 15 is 0 Å². The molecule has 2 aromatic carbocycles. The summed E-state index contributed by atoms with van der Waals surface area (Å²) in [6, 6.07) is 15.5. The molecule has 0 saturated carbocycles. The highest BCUT2D eigenvalue weighted by Crippen LogP contribution is 2.22. The summed E-state index contributed by atoms with van der Waals surface area (Å²) in [6.45, 7) is 0.623. The van der Waals surface area contributed by atoms with E-state index in [1.54, 1.807) is 14.2 Å². The Hall–Kier alpha value is -2.27. The molecule has 0 aliphatic rings. The van der Waals surface area contributed by atoms with Crippen molar-refractivity contribution in [1.82, 2.24) is 5.32 Å². The Balaban J connectivity index is 1.92. The zero-order chi connectivity index (χ0) is 15.1. The molecule has 0 atom stereocenters. The van der Waals surface area contributed by atoms with Gasteiger partial charge in [0.15, 0.2) is 5.11 Å². The van der Waals surface area contributed by atoms with Crippen LogP contribution in [-0.2, 0) is 6.54 Å². The van der Waals surface area contributed by atoms with E-state index in [9.17, 15) is 0 Å². The van der Waals surface area contributed by atoms with E-state index in [1.807, 2.05) is 48.5 Å². The lowest BCUT2D eigenvalue weighted by atomic mass is 10.2. The summed E-state index contributed by atoms with van der Waals surface area (Å²) in [5.74, 6) is 1.58. The van der Waals surface area contributed by atoms with Crippen LogP contribution in [0.1, 0.15) is 5.56 Å². The van der Waals surface area contributed by atoms with Crippen molar-refractivity contribution in [2.45, 2.75) is 6.54 Å². The molecular weight excluding hydrogens is 284 g/mol. The standard InChI is InChI=1S/C16H18N2O2S/c1-19-13-7-5-6-12(10-13)11-17-16(21)18-14-8-3-4-9-15(14)20-2/h3-10H,11H2,1-2H3,(H2,17,18,21). The highest BCUT2D eigenvalue weighted by molar-refractivity contribution is 7.80. The molecule has 0 heterocycles. The van der Waals surface area contributed by atoms with Gasteiger partial charge in [-0.1, -0.05) is 24.3 Å². The topological polar surface area (TPSA) is 42.5 Å². The Bertz CT molecular complexity index is 617. The smallest absolute Gasteiger partial charge is 0.171 e. The van der Waals surface area contributed by atoms with Crippen molar-refractivity contribution in [1.29, 1.82) is 0 Å². The van der Waals surface area contributed by atoms with Crippen molar-refractivity contribution in [3.8, 4) is 11.5 Å². The molecule has 0 saturated heterocycles. The maximum Gasteiger partial charge on any atom is 0.171 e. The predicted octanol–water partition coefficient (Wildman–Crippen LogP) is 3.19. The maximum atomic E-state index is 5.29. The van der Waals surface area contributed by atoms with Gasteiger partial charge in [-0.05, 0) is 42.0 Å². The average molecular weight is 302 g/mol. The van der Waals surface area contributed by atoms with Gasteiger partial charge in [-0.3, -0.25) is 0 Å². The minimum atomic E-state index is 0.544. The molecule has 0 spiro atoms. The van der Waals surface area contributed by atoms with Crippen LogP contribution in [0.15, 0.2) is 48.5 Å². The minimum Gasteiger partial charge on any atom is -0.497 e. The fraction of sp³-hybridized carbons (Fsp3) is 0.188. The fourth-order valence-electron chi connectivity index (χ4n) is 1.88. The summed E-state index contributed by atoms with van der Waals surface area (Å²) in [5, 5.41) is 6.83. The van der Waals surface area contributed by atoms with Gasteiger partial charge in [0.25, 0.3) is 0 Å². The Kier molecular flexibility index (Phi) is 5.40. The van der Waals surface area contributed by atoms with Gasteiger partial charge in [-0.15, -0.1) is 0 Å². The van der Waals surface area contributed by atoms with Crippen molar-refractivity contribution >= 4 is 23.0 Å². The molecule has 0 unspecified atom stereocenters. The number of hydrogen-bond donors (Lipinski definition) is 2. The van der Waals surface area contributed by atoms with Gasteiger partial charge >= 0.3 is 0 Å². The van der Waals surface area contributed by atoms with Gasteiger partial charge in [0, 0.05) is 6.54 Å². The van der Waals surface area contributed by atoms with Gasteiger partial charge in [0.1, 0.15) is 11.5 Å². The second kappa shape index (κ2) is 7.50. The Morgan fingerprint density at radius 1 is 1.05 bits per heavy atom. The van der Waals surface area contributed by atoms with Crippen molar-refractivity contribution in [3.63, 3.8) is 0 Å². The SMILES string of the molecule is COc1cccc(CNC(=S)Nc2ccccc2OC)c1. The Morgan fingerprint density at radius 2 is 1.86 bits per heavy atom. The van der Waals surface area contributed by atoms with Crippen LogP contribution in [0.5, 0.6) is 11.5 Å². The summed E-state index contributed by atoms with van der Waals surface area (Å²) in [4.78, 5) is 0. The van der Waals surface area contributed by atoms with E-state index in [0.29, 0.717) is 11.7 Å². The maximum absolute atomic E-state index is 5.29. The number of methoxy groups -OCH3 is 2. The predicted molar refractivity (Wildman–Crippen MR) is 89.0 cm³/mol. The largest absolute Gasteiger partial charge is 0.497 e. The van der Waals surface area contributed by atoms with E-state index in [4.69, 9.17) is 21.7 Å². The first-order valence-corrected chi connectivity index (χ1v) is 6.94. The van der Waals surface area contributed by atoms with Gasteiger partial charge in [0.05, 0.1) is 19.9 Å². The number of nitrogens with one attached hydrogen (secondary N) is 2. The lowest BCUT2D eigenvalue weighted by Crippen LogP contribution is -2.28. The van der Waals surface area contributed by atoms with Gasteiger partial charge in [-0.2, -0.15) is 0 Å². The first-order valence-electron chi connectivity index (χ1n) is 6.53. The summed E-state index contributed by atoms with van der Waals surface area (Å²) in [6.07, 6.45) is 0. The lowest BCUT2D eigenvalue weighted by molar-refractivity contribution is 0.414. The number of para-hydroxylation sites is 2. The quantitative estimate of drug-likeness (QED) is 0.830. The third kappa shape index (κ3) is 4.36. The van der Waals surface area contributed by atoms with Crippen LogP contribution >= 0.6 is 12.2 Å². The van der Waals surface area contributed by atoms with E-state index in [1.165, 1.54) is 0 Å². The van der Waals surface area contributed by atoms with Crippen LogP contribution < -0.4 is 20.1 Å². The molecule has 2 rings (SSSR count). The number of thiocarbonyl (C=S) groups is 1. The number of rotatable bonds is 5. The highest BCUT2D eigenvalue weighted by atomic mass is 32.1. The molecule has 110 valence electrons. The molecular formula is C16H18N2O2S. The highest BCUT2D eigenvalue weighted by Gasteiger charge is 2.03. The minimum absolute atomic E-state index is 0.544. The third-order valence-electron chi connectivity index (χ3n) is 2.94. The summed E-state index contributed by atoms with van der Waals surface area (Å²) >= 11 is 5.29. The number of anilines is 1. The van der Waals surface area contributed by atoms with Gasteiger partial charge in [0.2, 0.25) is 0 Å². The van der Waals surface area contributed by atoms with Crippen molar-refractivity contribution < 1.29 is 9.47 Å². The molecule has 0 amide bonds. The van der Waals surface area contributed by atoms with E-state index < -0.39 is 0 Å². The second-order valence-corrected chi connectivity index (χ2v) is 4.77. The Labute approximate surface area is 130 Å². The van der Waals surface area contributed by atoms with Crippen LogP contribution in [0, 0.1) is 0 Å². The molecule has 5 heteroatoms. The molecule has 4 nitrogen and oxygen atoms in total. The molecule has 2 N–H and O–H groups in total. The average Bonchev–Trinajstić information content (AvgIpc) is 2.53. The second-order valence-electron chi connectivity index (χ2n) is 4.36. The summed E-state index contributed by atoms with van der Waals surface area (Å²) in [7, 11) is 3.29. The molecule has 0 bridgehead atoms. The van der Waals surface area contributed by atoms with Crippen molar-refractivity contribution in [2.24, 2.45) is 0 Å². The molecule has 0 aliphatic heterocycles. The van der Waals surface area contributed by atoms with Crippen LogP contribution in [0.3, 0.4) is 0 Å². The van der Waals surface area contributed by atoms with Crippen molar-refractivity contribution in [3.05, 3.63) is 54.1 Å². The van der Waals surface area contributed by atoms with Crippen LogP contribution in [0.2, 0.25) is 0 Å². The molecule has 0 radical (unpaired) electrons. The van der Waals surface area contributed by atoms with E-state index in [-0.39, 0.29) is 0 Å². The number of ether oxygens (including phenoxy) is 2. The monoisotopic (exact) mass is 302 g/mol. The molecule has 21 heavy (non-hydrogen) atoms. The molecule has 0 aliphatic carbocycles. The van der Waals surface area contributed by atoms with Crippen LogP contribution in [-0.4, -0.2) is 19.3 Å². The third-order valence-corrected chi connectivity index (χ3v) is 3.19. The van der Waals surface area contributed by atoms with Crippen molar-refractivity contribution in [2.75, 3.05) is 19.5 Å². The Morgan fingerprint density at radius 3 is 2.62 bits per heavy atom. The first-order chi connectivity index (χ1) is 10.2. The molecule has 0 fully saturated rings. The lowest BCUT2D eigenvalue weighted by Gasteiger charge is -2.13. The summed E-state index contributed by atoms with van der Waals surface area (Å²) < 4.78 is 10.5. The first kappa shape index (κ1) is 15.1. The summed E-state index contributed by atoms with van der Waals surface area (Å²) in [5.41, 5.74) is 1.93. The van der Waals surface area contributed by atoms with E-state index in [2.05, 4.69) is 10.6 Å². The zero-order valence-electron chi connectivity index (χ0n) is 12.1. The zero-order valence-corrected chi connectivity index (χ0v) is 12.9. The normalized spacial score (nSPS) is 9.81. The van der Waals surface area contributed by atoms with E-state index in [0.717, 1.165) is 22.7 Å². The van der Waals surface area contributed by atoms with Crippen LogP contribution in [0.4, 0.5) is 5.69 Å². The number of benzene rings is 2. The fourth-order valence-corrected chi connectivity index (χ4v) is 2.06. The molecule has 0 aromatic heterocycles. The molecule has 2 aromatic rings. The van der Waals surface area contributed by atoms with Crippen LogP contribution in [0.25, 0.3) is 0 Å². The number of hydrogen-bond acceptors (Lipinski definition) is 3. The van der Waals surface area contributed by atoms with Gasteiger partial charge < -0.3 is 20.1 Å². The van der Waals surface area contributed by atoms with Gasteiger partial charge in [-0.25, -0.2) is 0 Å².